The van der Waals surface area contributed by atoms with Crippen molar-refractivity contribution < 1.29 is 13.2 Å². The van der Waals surface area contributed by atoms with Gasteiger partial charge in [-0.1, -0.05) is 72.8 Å². The maximum Gasteiger partial charge on any atom is 0.315 e. The molecule has 0 heterocycles. The Morgan fingerprint density at radius 1 is 0.812 bits per heavy atom. The summed E-state index contributed by atoms with van der Waals surface area (Å²) in [4.78, 5) is 12.4. The minimum absolute atomic E-state index is 0.199. The van der Waals surface area contributed by atoms with E-state index >= 15 is 0 Å². The summed E-state index contributed by atoms with van der Waals surface area (Å²) < 4.78 is 25.1. The number of rotatable bonds is 9. The summed E-state index contributed by atoms with van der Waals surface area (Å²) in [5, 5.41) is 5.88. The Bertz CT molecular complexity index is 1060. The maximum absolute atomic E-state index is 12.4. The first kappa shape index (κ1) is 23.3. The molecule has 1 unspecified atom stereocenters. The minimum atomic E-state index is -3.32. The summed E-state index contributed by atoms with van der Waals surface area (Å²) in [7, 11) is -3.32. The summed E-state index contributed by atoms with van der Waals surface area (Å²) in [6.45, 7) is 2.42. The number of carbonyl (C=O) groups excluding carboxylic acids is 1. The molecule has 3 N–H and O–H groups in total. The number of amides is 2. The molecule has 0 radical (unpaired) electrons. The standard InChI is InChI=1S/C25H29N3O3S/c1-19(20-13-15-23(16-14-20)28-32(2,30)31)27-25(29)26-18-17-24(21-9-5-3-6-10-21)22-11-7-4-8-12-22/h3-16,19,24,28H,17-18H2,1-2H3,(H2,26,27,29). The highest BCUT2D eigenvalue weighted by Gasteiger charge is 2.15. The Morgan fingerprint density at radius 3 is 1.84 bits per heavy atom. The maximum atomic E-state index is 12.4. The van der Waals surface area contributed by atoms with Crippen molar-refractivity contribution in [1.82, 2.24) is 10.6 Å². The van der Waals surface area contributed by atoms with Crippen LogP contribution in [0, 0.1) is 0 Å². The van der Waals surface area contributed by atoms with E-state index in [1.807, 2.05) is 43.3 Å². The summed E-state index contributed by atoms with van der Waals surface area (Å²) in [5.74, 6) is 0.199. The van der Waals surface area contributed by atoms with Crippen molar-refractivity contribution in [3.05, 3.63) is 102 Å². The second-order valence-corrected chi connectivity index (χ2v) is 9.53. The summed E-state index contributed by atoms with van der Waals surface area (Å²) in [5.41, 5.74) is 3.81. The molecule has 168 valence electrons. The summed E-state index contributed by atoms with van der Waals surface area (Å²) >= 11 is 0. The van der Waals surface area contributed by atoms with E-state index in [2.05, 4.69) is 39.6 Å². The smallest absolute Gasteiger partial charge is 0.315 e. The number of benzene rings is 3. The van der Waals surface area contributed by atoms with Gasteiger partial charge < -0.3 is 10.6 Å². The lowest BCUT2D eigenvalue weighted by molar-refractivity contribution is 0.237. The average Bonchev–Trinajstić information content (AvgIpc) is 2.77. The highest BCUT2D eigenvalue weighted by molar-refractivity contribution is 7.92. The van der Waals surface area contributed by atoms with Crippen molar-refractivity contribution in [1.29, 1.82) is 0 Å². The van der Waals surface area contributed by atoms with Crippen molar-refractivity contribution in [2.45, 2.75) is 25.3 Å². The molecule has 0 bridgehead atoms. The van der Waals surface area contributed by atoms with Gasteiger partial charge in [0.25, 0.3) is 0 Å². The number of urea groups is 1. The number of hydrogen-bond acceptors (Lipinski definition) is 3. The van der Waals surface area contributed by atoms with Crippen LogP contribution in [0.15, 0.2) is 84.9 Å². The van der Waals surface area contributed by atoms with Gasteiger partial charge in [0.2, 0.25) is 10.0 Å². The van der Waals surface area contributed by atoms with Gasteiger partial charge in [0, 0.05) is 18.2 Å². The number of sulfonamides is 1. The summed E-state index contributed by atoms with van der Waals surface area (Å²) in [6, 6.07) is 27.1. The Balaban J connectivity index is 1.54. The molecule has 0 aliphatic heterocycles. The van der Waals surface area contributed by atoms with E-state index in [0.29, 0.717) is 12.2 Å². The lowest BCUT2D eigenvalue weighted by Crippen LogP contribution is -2.37. The molecule has 6 nitrogen and oxygen atoms in total. The van der Waals surface area contributed by atoms with Gasteiger partial charge >= 0.3 is 6.03 Å². The first-order valence-corrected chi connectivity index (χ1v) is 12.4. The summed E-state index contributed by atoms with van der Waals surface area (Å²) in [6.07, 6.45) is 1.89. The van der Waals surface area contributed by atoms with Gasteiger partial charge in [0.15, 0.2) is 0 Å². The quantitative estimate of drug-likeness (QED) is 0.443. The van der Waals surface area contributed by atoms with E-state index in [0.717, 1.165) is 18.2 Å². The van der Waals surface area contributed by atoms with E-state index in [1.54, 1.807) is 24.3 Å². The number of carbonyl (C=O) groups is 1. The molecule has 0 saturated heterocycles. The zero-order valence-electron chi connectivity index (χ0n) is 18.3. The zero-order chi connectivity index (χ0) is 23.0. The topological polar surface area (TPSA) is 87.3 Å². The van der Waals surface area contributed by atoms with Gasteiger partial charge in [-0.25, -0.2) is 13.2 Å². The zero-order valence-corrected chi connectivity index (χ0v) is 19.1. The third kappa shape index (κ3) is 7.13. The lowest BCUT2D eigenvalue weighted by atomic mass is 9.88. The molecule has 3 aromatic carbocycles. The molecule has 0 saturated carbocycles. The molecule has 0 aromatic heterocycles. The van der Waals surface area contributed by atoms with E-state index in [-0.39, 0.29) is 18.0 Å². The van der Waals surface area contributed by atoms with Gasteiger partial charge in [-0.3, -0.25) is 4.72 Å². The van der Waals surface area contributed by atoms with Gasteiger partial charge in [-0.2, -0.15) is 0 Å². The van der Waals surface area contributed by atoms with Crippen molar-refractivity contribution >= 4 is 21.7 Å². The van der Waals surface area contributed by atoms with Crippen LogP contribution in [0.1, 0.15) is 42.0 Å². The first-order valence-electron chi connectivity index (χ1n) is 10.5. The van der Waals surface area contributed by atoms with E-state index in [1.165, 1.54) is 11.1 Å². The minimum Gasteiger partial charge on any atom is -0.338 e. The van der Waals surface area contributed by atoms with Crippen LogP contribution in [-0.4, -0.2) is 27.2 Å². The molecule has 0 aliphatic rings. The van der Waals surface area contributed by atoms with Crippen molar-refractivity contribution in [3.8, 4) is 0 Å². The van der Waals surface area contributed by atoms with Crippen molar-refractivity contribution in [2.24, 2.45) is 0 Å². The molecular weight excluding hydrogens is 422 g/mol. The fourth-order valence-electron chi connectivity index (χ4n) is 3.61. The second-order valence-electron chi connectivity index (χ2n) is 7.78. The molecular formula is C25H29N3O3S. The van der Waals surface area contributed by atoms with Crippen LogP contribution in [0.5, 0.6) is 0 Å². The Hall–Kier alpha value is -3.32. The molecule has 0 fully saturated rings. The molecule has 0 spiro atoms. The van der Waals surface area contributed by atoms with E-state index in [4.69, 9.17) is 0 Å². The highest BCUT2D eigenvalue weighted by atomic mass is 32.2. The monoisotopic (exact) mass is 451 g/mol. The molecule has 32 heavy (non-hydrogen) atoms. The molecule has 1 atom stereocenters. The molecule has 7 heteroatoms. The van der Waals surface area contributed by atoms with Crippen LogP contribution in [-0.2, 0) is 10.0 Å². The predicted octanol–water partition coefficient (Wildman–Crippen LogP) is 4.64. The number of hydrogen-bond donors (Lipinski definition) is 3. The van der Waals surface area contributed by atoms with E-state index < -0.39 is 10.0 Å². The SMILES string of the molecule is CC(NC(=O)NCCC(c1ccccc1)c1ccccc1)c1ccc(NS(C)(=O)=O)cc1. The fourth-order valence-corrected chi connectivity index (χ4v) is 4.18. The normalized spacial score (nSPS) is 12.2. The first-order chi connectivity index (χ1) is 15.3. The largest absolute Gasteiger partial charge is 0.338 e. The van der Waals surface area contributed by atoms with Gasteiger partial charge in [-0.05, 0) is 42.2 Å². The third-order valence-electron chi connectivity index (χ3n) is 5.18. The van der Waals surface area contributed by atoms with Crippen molar-refractivity contribution in [3.63, 3.8) is 0 Å². The second kappa shape index (κ2) is 10.8. The molecule has 2 amide bonds. The lowest BCUT2D eigenvalue weighted by Gasteiger charge is -2.20. The van der Waals surface area contributed by atoms with Crippen LogP contribution in [0.2, 0.25) is 0 Å². The Kier molecular flexibility index (Phi) is 7.89. The molecule has 0 aliphatic carbocycles. The van der Waals surface area contributed by atoms with Crippen LogP contribution >= 0.6 is 0 Å². The van der Waals surface area contributed by atoms with Gasteiger partial charge in [0.05, 0.1) is 12.3 Å². The van der Waals surface area contributed by atoms with Crippen LogP contribution in [0.4, 0.5) is 10.5 Å². The fraction of sp³-hybridized carbons (Fsp3) is 0.240. The Labute approximate surface area is 190 Å². The molecule has 3 aromatic rings. The number of nitrogens with one attached hydrogen (secondary N) is 3. The molecule has 3 rings (SSSR count). The average molecular weight is 452 g/mol. The van der Waals surface area contributed by atoms with Crippen molar-refractivity contribution in [2.75, 3.05) is 17.5 Å². The van der Waals surface area contributed by atoms with Crippen LogP contribution in [0.3, 0.4) is 0 Å². The van der Waals surface area contributed by atoms with Crippen LogP contribution < -0.4 is 15.4 Å². The number of anilines is 1. The van der Waals surface area contributed by atoms with Crippen LogP contribution in [0.25, 0.3) is 0 Å². The third-order valence-corrected chi connectivity index (χ3v) is 5.79. The van der Waals surface area contributed by atoms with E-state index in [9.17, 15) is 13.2 Å². The van der Waals surface area contributed by atoms with Gasteiger partial charge in [-0.15, -0.1) is 0 Å². The highest BCUT2D eigenvalue weighted by Crippen LogP contribution is 2.27. The predicted molar refractivity (Wildman–Crippen MR) is 129 cm³/mol. The van der Waals surface area contributed by atoms with Gasteiger partial charge in [0.1, 0.15) is 0 Å². The Morgan fingerprint density at radius 2 is 1.34 bits per heavy atom.